The highest BCUT2D eigenvalue weighted by Gasteiger charge is 2.15. The Morgan fingerprint density at radius 2 is 2.09 bits per heavy atom. The highest BCUT2D eigenvalue weighted by atomic mass is 16.7. The summed E-state index contributed by atoms with van der Waals surface area (Å²) in [7, 11) is 0. The van der Waals surface area contributed by atoms with Gasteiger partial charge in [-0.3, -0.25) is 4.79 Å². The fourth-order valence-electron chi connectivity index (χ4n) is 1.89. The normalized spacial score (nSPS) is 10.1. The molecule has 0 unspecified atom stereocenters. The number of benzene rings is 1. The van der Waals surface area contributed by atoms with Crippen molar-refractivity contribution < 1.29 is 19.5 Å². The zero-order valence-corrected chi connectivity index (χ0v) is 11.9. The number of pyridine rings is 1. The van der Waals surface area contributed by atoms with Crippen LogP contribution in [0.3, 0.4) is 0 Å². The first-order valence-corrected chi connectivity index (χ1v) is 6.45. The number of hydrogen-bond acceptors (Lipinski definition) is 6. The van der Waals surface area contributed by atoms with Crippen molar-refractivity contribution in [3.05, 3.63) is 47.8 Å². The van der Waals surface area contributed by atoms with Crippen molar-refractivity contribution in [1.29, 1.82) is 0 Å². The summed E-state index contributed by atoms with van der Waals surface area (Å²) < 4.78 is 0. The highest BCUT2D eigenvalue weighted by molar-refractivity contribution is 5.96. The van der Waals surface area contributed by atoms with E-state index in [1.54, 1.807) is 0 Å². The Hall–Kier alpha value is -2.93. The van der Waals surface area contributed by atoms with Gasteiger partial charge in [-0.2, -0.15) is 5.90 Å². The zero-order chi connectivity index (χ0) is 16.1. The van der Waals surface area contributed by atoms with Crippen LogP contribution in [0.5, 0.6) is 5.75 Å². The van der Waals surface area contributed by atoms with Crippen LogP contribution < -0.4 is 11.2 Å². The van der Waals surface area contributed by atoms with Gasteiger partial charge in [-0.05, 0) is 18.6 Å². The molecule has 0 atom stereocenters. The average molecular weight is 301 g/mol. The largest absolute Gasteiger partial charge is 0.505 e. The fraction of sp³-hybridized carbons (Fsp3) is 0.133. The minimum Gasteiger partial charge on any atom is -0.505 e. The summed E-state index contributed by atoms with van der Waals surface area (Å²) in [5.74, 6) is 2.88. The lowest BCUT2D eigenvalue weighted by molar-refractivity contribution is -0.142. The minimum atomic E-state index is -0.802. The number of aromatic hydroxyl groups is 1. The van der Waals surface area contributed by atoms with Gasteiger partial charge in [-0.1, -0.05) is 29.8 Å². The quantitative estimate of drug-likeness (QED) is 0.723. The molecule has 1 heterocycles. The summed E-state index contributed by atoms with van der Waals surface area (Å²) in [5, 5.41) is 12.2. The third-order valence-corrected chi connectivity index (χ3v) is 2.96. The van der Waals surface area contributed by atoms with E-state index in [2.05, 4.69) is 21.0 Å². The van der Waals surface area contributed by atoms with Crippen molar-refractivity contribution >= 4 is 11.9 Å². The number of nitrogens with zero attached hydrogens (tertiary/aromatic N) is 1. The number of carbonyl (C=O) groups excluding carboxylic acids is 2. The molecule has 0 aliphatic carbocycles. The summed E-state index contributed by atoms with van der Waals surface area (Å²) in [4.78, 5) is 30.5. The van der Waals surface area contributed by atoms with Gasteiger partial charge in [0.25, 0.3) is 5.91 Å². The van der Waals surface area contributed by atoms with E-state index in [0.29, 0.717) is 5.56 Å². The lowest BCUT2D eigenvalue weighted by Gasteiger charge is -2.07. The van der Waals surface area contributed by atoms with E-state index in [-0.39, 0.29) is 11.4 Å². The first-order chi connectivity index (χ1) is 10.5. The molecule has 7 nitrogen and oxygen atoms in total. The van der Waals surface area contributed by atoms with E-state index < -0.39 is 18.4 Å². The van der Waals surface area contributed by atoms with Crippen LogP contribution in [0.1, 0.15) is 16.1 Å². The molecule has 0 bridgehead atoms. The topological polar surface area (TPSA) is 115 Å². The van der Waals surface area contributed by atoms with Crippen molar-refractivity contribution in [2.24, 2.45) is 5.90 Å². The van der Waals surface area contributed by atoms with Crippen LogP contribution in [0.25, 0.3) is 11.1 Å². The molecule has 0 fully saturated rings. The van der Waals surface area contributed by atoms with Crippen LogP contribution in [0.15, 0.2) is 36.5 Å². The molecule has 4 N–H and O–H groups in total. The van der Waals surface area contributed by atoms with Gasteiger partial charge in [0.2, 0.25) is 0 Å². The second kappa shape index (κ2) is 6.68. The molecule has 2 rings (SSSR count). The van der Waals surface area contributed by atoms with Gasteiger partial charge in [-0.15, -0.1) is 0 Å². The number of nitrogens with two attached hydrogens (primary N) is 1. The minimum absolute atomic E-state index is 0.179. The van der Waals surface area contributed by atoms with Crippen LogP contribution in [0.2, 0.25) is 0 Å². The molecule has 0 saturated carbocycles. The van der Waals surface area contributed by atoms with Gasteiger partial charge in [0.05, 0.1) is 0 Å². The van der Waals surface area contributed by atoms with Gasteiger partial charge in [0, 0.05) is 11.8 Å². The Kier molecular flexibility index (Phi) is 4.70. The summed E-state index contributed by atoms with van der Waals surface area (Å²) in [6.07, 6.45) is 1.48. The number of carbonyl (C=O) groups is 2. The summed E-state index contributed by atoms with van der Waals surface area (Å²) in [5.41, 5.74) is 2.45. The molecular formula is C15H15N3O4. The predicted octanol–water partition coefficient (Wildman–Crippen LogP) is 0.909. The molecule has 0 radical (unpaired) electrons. The maximum atomic E-state index is 11.8. The van der Waals surface area contributed by atoms with E-state index in [4.69, 9.17) is 0 Å². The molecular weight excluding hydrogens is 286 g/mol. The van der Waals surface area contributed by atoms with E-state index >= 15 is 0 Å². The van der Waals surface area contributed by atoms with Gasteiger partial charge < -0.3 is 15.3 Å². The molecule has 22 heavy (non-hydrogen) atoms. The maximum absolute atomic E-state index is 11.8. The third-order valence-electron chi connectivity index (χ3n) is 2.96. The highest BCUT2D eigenvalue weighted by Crippen LogP contribution is 2.25. The van der Waals surface area contributed by atoms with Crippen molar-refractivity contribution in [3.8, 4) is 16.9 Å². The van der Waals surface area contributed by atoms with Crippen molar-refractivity contribution in [2.75, 3.05) is 6.54 Å². The third kappa shape index (κ3) is 3.58. The fourth-order valence-corrected chi connectivity index (χ4v) is 1.89. The monoisotopic (exact) mass is 301 g/mol. The van der Waals surface area contributed by atoms with Gasteiger partial charge >= 0.3 is 5.97 Å². The molecule has 1 amide bonds. The van der Waals surface area contributed by atoms with Crippen LogP contribution in [0.4, 0.5) is 0 Å². The molecule has 7 heteroatoms. The predicted molar refractivity (Wildman–Crippen MR) is 78.7 cm³/mol. The zero-order valence-electron chi connectivity index (χ0n) is 11.9. The molecule has 0 spiro atoms. The standard InChI is InChI=1S/C15H15N3O4/c1-9-3-2-4-10(5-9)11-6-12(19)14(17-7-11)15(21)18-8-13(20)22-16/h2-7,19H,8,16H2,1H3,(H,18,21). The average Bonchev–Trinajstić information content (AvgIpc) is 2.52. The Morgan fingerprint density at radius 3 is 2.73 bits per heavy atom. The number of hydrogen-bond donors (Lipinski definition) is 3. The number of rotatable bonds is 4. The molecule has 0 saturated heterocycles. The summed E-state index contributed by atoms with van der Waals surface area (Å²) >= 11 is 0. The SMILES string of the molecule is Cc1cccc(-c2cnc(C(=O)NCC(=O)ON)c(O)c2)c1. The first kappa shape index (κ1) is 15.5. The number of aryl methyl sites for hydroxylation is 1. The van der Waals surface area contributed by atoms with E-state index in [1.165, 1.54) is 12.3 Å². The van der Waals surface area contributed by atoms with E-state index in [9.17, 15) is 14.7 Å². The van der Waals surface area contributed by atoms with Crippen molar-refractivity contribution in [3.63, 3.8) is 0 Å². The molecule has 114 valence electrons. The maximum Gasteiger partial charge on any atom is 0.343 e. The van der Waals surface area contributed by atoms with Crippen LogP contribution in [-0.2, 0) is 9.63 Å². The van der Waals surface area contributed by atoms with Crippen LogP contribution >= 0.6 is 0 Å². The number of aromatic nitrogens is 1. The van der Waals surface area contributed by atoms with Crippen molar-refractivity contribution in [2.45, 2.75) is 6.92 Å². The Bertz CT molecular complexity index is 716. The van der Waals surface area contributed by atoms with Gasteiger partial charge in [-0.25, -0.2) is 9.78 Å². The van der Waals surface area contributed by atoms with Crippen LogP contribution in [-0.4, -0.2) is 28.5 Å². The molecule has 1 aromatic heterocycles. The molecule has 1 aromatic carbocycles. The van der Waals surface area contributed by atoms with Crippen LogP contribution in [0, 0.1) is 6.92 Å². The lowest BCUT2D eigenvalue weighted by atomic mass is 10.0. The van der Waals surface area contributed by atoms with E-state index in [1.807, 2.05) is 31.2 Å². The van der Waals surface area contributed by atoms with Gasteiger partial charge in [0.15, 0.2) is 5.69 Å². The smallest absolute Gasteiger partial charge is 0.343 e. The Morgan fingerprint density at radius 1 is 1.32 bits per heavy atom. The Balaban J connectivity index is 2.19. The number of nitrogens with one attached hydrogen (secondary N) is 1. The van der Waals surface area contributed by atoms with E-state index in [0.717, 1.165) is 11.1 Å². The van der Waals surface area contributed by atoms with Crippen molar-refractivity contribution in [1.82, 2.24) is 10.3 Å². The summed E-state index contributed by atoms with van der Waals surface area (Å²) in [6, 6.07) is 9.10. The summed E-state index contributed by atoms with van der Waals surface area (Å²) in [6.45, 7) is 1.55. The Labute approximate surface area is 126 Å². The number of amides is 1. The molecule has 0 aliphatic rings. The first-order valence-electron chi connectivity index (χ1n) is 6.45. The molecule has 0 aliphatic heterocycles. The van der Waals surface area contributed by atoms with Gasteiger partial charge in [0.1, 0.15) is 12.3 Å². The molecule has 2 aromatic rings. The second-order valence-corrected chi connectivity index (χ2v) is 4.63. The lowest BCUT2D eigenvalue weighted by Crippen LogP contribution is -2.32. The second-order valence-electron chi connectivity index (χ2n) is 4.63.